The standard InChI is InChI=1S/C20H27FN2O4/c1-3-18(24)22-15-8-9-20(26-2)10-11-23(17(20)12-15)19(25)13-27-16-6-4-14(21)5-7-16/h4-7,15,17H,3,8-13H2,1-2H3,(H,22,24)/t15-,17+,20-/m1/s1. The molecule has 2 aliphatic rings. The van der Waals surface area contributed by atoms with Gasteiger partial charge in [0, 0.05) is 26.1 Å². The van der Waals surface area contributed by atoms with Crippen molar-refractivity contribution in [2.75, 3.05) is 20.3 Å². The van der Waals surface area contributed by atoms with Crippen molar-refractivity contribution in [1.29, 1.82) is 0 Å². The number of nitrogens with one attached hydrogen (secondary N) is 1. The van der Waals surface area contributed by atoms with Crippen LogP contribution in [0, 0.1) is 5.82 Å². The molecular weight excluding hydrogens is 351 g/mol. The van der Waals surface area contributed by atoms with Crippen LogP contribution in [0.15, 0.2) is 24.3 Å². The fraction of sp³-hybridized carbons (Fsp3) is 0.600. The van der Waals surface area contributed by atoms with Gasteiger partial charge in [-0.3, -0.25) is 9.59 Å². The summed E-state index contributed by atoms with van der Waals surface area (Å²) in [5, 5.41) is 3.05. The molecule has 2 amide bonds. The average molecular weight is 378 g/mol. The molecule has 1 aromatic rings. The third kappa shape index (κ3) is 4.24. The van der Waals surface area contributed by atoms with E-state index >= 15 is 0 Å². The van der Waals surface area contributed by atoms with Crippen LogP contribution in [-0.4, -0.2) is 54.7 Å². The lowest BCUT2D eigenvalue weighted by molar-refractivity contribution is -0.140. The van der Waals surface area contributed by atoms with E-state index in [1.54, 1.807) is 7.11 Å². The van der Waals surface area contributed by atoms with Crippen LogP contribution in [0.3, 0.4) is 0 Å². The quantitative estimate of drug-likeness (QED) is 0.825. The van der Waals surface area contributed by atoms with Gasteiger partial charge in [0.1, 0.15) is 11.6 Å². The Morgan fingerprint density at radius 3 is 2.70 bits per heavy atom. The highest BCUT2D eigenvalue weighted by Crippen LogP contribution is 2.42. The van der Waals surface area contributed by atoms with Gasteiger partial charge in [-0.1, -0.05) is 6.92 Å². The lowest BCUT2D eigenvalue weighted by Gasteiger charge is -2.43. The summed E-state index contributed by atoms with van der Waals surface area (Å²) >= 11 is 0. The first kappa shape index (κ1) is 19.6. The van der Waals surface area contributed by atoms with Gasteiger partial charge in [-0.25, -0.2) is 4.39 Å². The lowest BCUT2D eigenvalue weighted by atomic mass is 9.78. The Labute approximate surface area is 159 Å². The molecule has 3 rings (SSSR count). The number of methoxy groups -OCH3 is 1. The van der Waals surface area contributed by atoms with Crippen LogP contribution in [0.25, 0.3) is 0 Å². The highest BCUT2D eigenvalue weighted by Gasteiger charge is 2.52. The Hall–Kier alpha value is -2.15. The van der Waals surface area contributed by atoms with Crippen LogP contribution >= 0.6 is 0 Å². The van der Waals surface area contributed by atoms with E-state index in [1.807, 2.05) is 11.8 Å². The molecule has 7 heteroatoms. The van der Waals surface area contributed by atoms with Crippen molar-refractivity contribution in [3.8, 4) is 5.75 Å². The molecule has 1 aliphatic carbocycles. The predicted molar refractivity (Wildman–Crippen MR) is 97.8 cm³/mol. The molecule has 3 atom stereocenters. The first-order valence-corrected chi connectivity index (χ1v) is 9.50. The van der Waals surface area contributed by atoms with Crippen molar-refractivity contribution in [2.24, 2.45) is 0 Å². The molecule has 0 unspecified atom stereocenters. The largest absolute Gasteiger partial charge is 0.484 e. The second-order valence-electron chi connectivity index (χ2n) is 7.26. The third-order valence-electron chi connectivity index (χ3n) is 5.77. The van der Waals surface area contributed by atoms with Gasteiger partial charge >= 0.3 is 0 Å². The molecule has 27 heavy (non-hydrogen) atoms. The smallest absolute Gasteiger partial charge is 0.260 e. The maximum atomic E-state index is 13.0. The Morgan fingerprint density at radius 2 is 2.04 bits per heavy atom. The molecule has 1 aromatic carbocycles. The maximum absolute atomic E-state index is 13.0. The van der Waals surface area contributed by atoms with Crippen LogP contribution in [0.1, 0.15) is 39.0 Å². The van der Waals surface area contributed by atoms with Crippen LogP contribution < -0.4 is 10.1 Å². The molecule has 6 nitrogen and oxygen atoms in total. The number of halogens is 1. The van der Waals surface area contributed by atoms with Crippen molar-refractivity contribution in [2.45, 2.75) is 56.7 Å². The summed E-state index contributed by atoms with van der Waals surface area (Å²) < 4.78 is 24.3. The summed E-state index contributed by atoms with van der Waals surface area (Å²) in [7, 11) is 1.70. The minimum Gasteiger partial charge on any atom is -0.484 e. The number of likely N-dealkylation sites (tertiary alicyclic amines) is 1. The normalized spacial score (nSPS) is 27.1. The van der Waals surface area contributed by atoms with Gasteiger partial charge in [0.2, 0.25) is 5.91 Å². The van der Waals surface area contributed by atoms with Gasteiger partial charge in [-0.2, -0.15) is 0 Å². The molecular formula is C20H27FN2O4. The van der Waals surface area contributed by atoms with Gasteiger partial charge in [0.05, 0.1) is 11.6 Å². The van der Waals surface area contributed by atoms with E-state index < -0.39 is 0 Å². The van der Waals surface area contributed by atoms with Gasteiger partial charge in [0.15, 0.2) is 6.61 Å². The summed E-state index contributed by atoms with van der Waals surface area (Å²) in [6.07, 6.45) is 3.58. The molecule has 1 N–H and O–H groups in total. The number of carbonyl (C=O) groups excluding carboxylic acids is 2. The first-order chi connectivity index (χ1) is 13.0. The number of carbonyl (C=O) groups is 2. The van der Waals surface area contributed by atoms with Crippen LogP contribution in [0.2, 0.25) is 0 Å². The van der Waals surface area contributed by atoms with Crippen molar-refractivity contribution in [3.05, 3.63) is 30.1 Å². The number of hydrogen-bond acceptors (Lipinski definition) is 4. The Balaban J connectivity index is 1.64. The molecule has 1 heterocycles. The number of ether oxygens (including phenoxy) is 2. The summed E-state index contributed by atoms with van der Waals surface area (Å²) in [4.78, 5) is 26.3. The van der Waals surface area contributed by atoms with E-state index in [9.17, 15) is 14.0 Å². The zero-order valence-electron chi connectivity index (χ0n) is 15.9. The SMILES string of the molecule is CCC(=O)N[C@@H]1CC[C@@]2(OC)CCN(C(=O)COc3ccc(F)cc3)[C@H]2C1. The average Bonchev–Trinajstić information content (AvgIpc) is 3.06. The number of nitrogens with zero attached hydrogens (tertiary/aromatic N) is 1. The topological polar surface area (TPSA) is 67.9 Å². The Kier molecular flexibility index (Phi) is 5.99. The highest BCUT2D eigenvalue weighted by atomic mass is 19.1. The molecule has 0 bridgehead atoms. The zero-order valence-corrected chi connectivity index (χ0v) is 15.9. The summed E-state index contributed by atoms with van der Waals surface area (Å²) in [5.74, 6) is 0.0188. The molecule has 0 aromatic heterocycles. The predicted octanol–water partition coefficient (Wildman–Crippen LogP) is 2.27. The van der Waals surface area contributed by atoms with Crippen LogP contribution in [0.5, 0.6) is 5.75 Å². The van der Waals surface area contributed by atoms with Crippen LogP contribution in [0.4, 0.5) is 4.39 Å². The van der Waals surface area contributed by atoms with E-state index in [0.29, 0.717) is 25.1 Å². The molecule has 0 spiro atoms. The van der Waals surface area contributed by atoms with Gasteiger partial charge in [0.25, 0.3) is 5.91 Å². The number of amides is 2. The van der Waals surface area contributed by atoms with Crippen molar-refractivity contribution >= 4 is 11.8 Å². The second-order valence-corrected chi connectivity index (χ2v) is 7.26. The summed E-state index contributed by atoms with van der Waals surface area (Å²) in [6.45, 7) is 2.34. The molecule has 148 valence electrons. The third-order valence-corrected chi connectivity index (χ3v) is 5.77. The Morgan fingerprint density at radius 1 is 1.30 bits per heavy atom. The summed E-state index contributed by atoms with van der Waals surface area (Å²) in [5.41, 5.74) is -0.348. The minimum atomic E-state index is -0.348. The van der Waals surface area contributed by atoms with Crippen LogP contribution in [-0.2, 0) is 14.3 Å². The van der Waals surface area contributed by atoms with Gasteiger partial charge in [-0.05, 0) is 49.9 Å². The summed E-state index contributed by atoms with van der Waals surface area (Å²) in [6, 6.07) is 5.58. The highest BCUT2D eigenvalue weighted by molar-refractivity contribution is 5.79. The zero-order chi connectivity index (χ0) is 19.4. The Bertz CT molecular complexity index is 681. The van der Waals surface area contributed by atoms with E-state index in [2.05, 4.69) is 5.32 Å². The second kappa shape index (κ2) is 8.25. The number of benzene rings is 1. The van der Waals surface area contributed by atoms with Gasteiger partial charge < -0.3 is 19.7 Å². The fourth-order valence-electron chi connectivity index (χ4n) is 4.21. The molecule has 2 fully saturated rings. The molecule has 1 aliphatic heterocycles. The number of hydrogen-bond donors (Lipinski definition) is 1. The maximum Gasteiger partial charge on any atom is 0.260 e. The first-order valence-electron chi connectivity index (χ1n) is 9.50. The molecule has 1 saturated carbocycles. The molecule has 0 radical (unpaired) electrons. The van der Waals surface area contributed by atoms with E-state index in [-0.39, 0.29) is 41.9 Å². The van der Waals surface area contributed by atoms with Crippen molar-refractivity contribution < 1.29 is 23.5 Å². The van der Waals surface area contributed by atoms with Crippen molar-refractivity contribution in [3.63, 3.8) is 0 Å². The van der Waals surface area contributed by atoms with Crippen molar-refractivity contribution in [1.82, 2.24) is 10.2 Å². The van der Waals surface area contributed by atoms with Gasteiger partial charge in [-0.15, -0.1) is 0 Å². The number of fused-ring (bicyclic) bond motifs is 1. The number of rotatable bonds is 6. The monoisotopic (exact) mass is 378 g/mol. The van der Waals surface area contributed by atoms with E-state index in [0.717, 1.165) is 19.3 Å². The molecule has 1 saturated heterocycles. The van der Waals surface area contributed by atoms with E-state index in [4.69, 9.17) is 9.47 Å². The van der Waals surface area contributed by atoms with E-state index in [1.165, 1.54) is 24.3 Å². The fourth-order valence-corrected chi connectivity index (χ4v) is 4.21. The minimum absolute atomic E-state index is 0.0282. The lowest BCUT2D eigenvalue weighted by Crippen LogP contribution is -2.56.